The van der Waals surface area contributed by atoms with Gasteiger partial charge in [-0.15, -0.1) is 0 Å². The van der Waals surface area contributed by atoms with Gasteiger partial charge in [-0.1, -0.05) is 60.7 Å². The van der Waals surface area contributed by atoms with Crippen molar-refractivity contribution in [1.82, 2.24) is 0 Å². The number of rotatable bonds is 4. The van der Waals surface area contributed by atoms with E-state index in [1.165, 1.54) is 6.07 Å². The van der Waals surface area contributed by atoms with E-state index in [0.29, 0.717) is 11.3 Å². The Balaban J connectivity index is 1.82. The second-order valence-corrected chi connectivity index (χ2v) is 6.35. The fraction of sp³-hybridized carbons (Fsp3) is 0.143. The number of nitro groups is 1. The first-order valence-electron chi connectivity index (χ1n) is 8.63. The van der Waals surface area contributed by atoms with Crippen LogP contribution in [0, 0.1) is 10.1 Å². The number of anilines is 1. The van der Waals surface area contributed by atoms with Crippen LogP contribution in [0.15, 0.2) is 78.9 Å². The lowest BCUT2D eigenvalue weighted by Crippen LogP contribution is -2.43. The molecule has 27 heavy (non-hydrogen) atoms. The molecular formula is C21H18N2O4. The van der Waals surface area contributed by atoms with E-state index in [0.717, 1.165) is 11.3 Å². The second-order valence-electron chi connectivity index (χ2n) is 6.35. The monoisotopic (exact) mass is 362 g/mol. The van der Waals surface area contributed by atoms with Crippen molar-refractivity contribution in [3.8, 4) is 5.75 Å². The summed E-state index contributed by atoms with van der Waals surface area (Å²) >= 11 is 0. The van der Waals surface area contributed by atoms with E-state index in [4.69, 9.17) is 4.74 Å². The molecule has 1 aliphatic rings. The highest BCUT2D eigenvalue weighted by molar-refractivity contribution is 5.62. The van der Waals surface area contributed by atoms with E-state index in [2.05, 4.69) is 0 Å². The molecular weight excluding hydrogens is 344 g/mol. The number of ether oxygens (including phenoxy) is 1. The van der Waals surface area contributed by atoms with E-state index in [1.54, 1.807) is 24.3 Å². The van der Waals surface area contributed by atoms with Crippen LogP contribution in [0.1, 0.15) is 17.2 Å². The van der Waals surface area contributed by atoms with Gasteiger partial charge in [-0.05, 0) is 17.7 Å². The lowest BCUT2D eigenvalue weighted by Gasteiger charge is -2.41. The molecule has 2 atom stereocenters. The molecule has 1 heterocycles. The van der Waals surface area contributed by atoms with Crippen LogP contribution in [-0.4, -0.2) is 16.3 Å². The maximum Gasteiger partial charge on any atom is 0.274 e. The van der Waals surface area contributed by atoms with Crippen LogP contribution in [0.2, 0.25) is 0 Å². The predicted octanol–water partition coefficient (Wildman–Crippen LogP) is 4.05. The molecule has 0 bridgehead atoms. The Labute approximate surface area is 156 Å². The van der Waals surface area contributed by atoms with Gasteiger partial charge in [0.25, 0.3) is 5.69 Å². The molecule has 1 N–H and O–H groups in total. The Morgan fingerprint density at radius 2 is 1.63 bits per heavy atom. The van der Waals surface area contributed by atoms with Crippen LogP contribution in [-0.2, 0) is 6.54 Å². The van der Waals surface area contributed by atoms with Crippen molar-refractivity contribution in [1.29, 1.82) is 0 Å². The molecule has 6 nitrogen and oxygen atoms in total. The standard InChI is InChI=1S/C21H18N2O4/c24-21-20(15-8-2-1-3-9-15)22(18-12-6-7-13-19(18)27-21)14-16-10-4-5-11-17(16)23(25)26/h1-13,20-21,24H,14H2/t20-,21+/m0/s1. The van der Waals surface area contributed by atoms with Crippen LogP contribution in [0.5, 0.6) is 5.75 Å². The molecule has 6 heteroatoms. The van der Waals surface area contributed by atoms with Gasteiger partial charge in [-0.25, -0.2) is 0 Å². The van der Waals surface area contributed by atoms with Crippen LogP contribution < -0.4 is 9.64 Å². The lowest BCUT2D eigenvalue weighted by atomic mass is 10.0. The third-order valence-corrected chi connectivity index (χ3v) is 4.70. The SMILES string of the molecule is O=[N+]([O-])c1ccccc1CN1c2ccccc2O[C@@H](O)[C@@H]1c1ccccc1. The summed E-state index contributed by atoms with van der Waals surface area (Å²) in [6.45, 7) is 0.272. The Hall–Kier alpha value is -3.38. The van der Waals surface area contributed by atoms with E-state index < -0.39 is 12.3 Å². The molecule has 3 aromatic rings. The smallest absolute Gasteiger partial charge is 0.274 e. The second kappa shape index (κ2) is 7.09. The molecule has 1 aliphatic heterocycles. The number of nitro benzene ring substituents is 1. The number of hydrogen-bond acceptors (Lipinski definition) is 5. The fourth-order valence-electron chi connectivity index (χ4n) is 3.48. The van der Waals surface area contributed by atoms with Crippen molar-refractivity contribution >= 4 is 11.4 Å². The van der Waals surface area contributed by atoms with Gasteiger partial charge in [0.05, 0.1) is 17.2 Å². The first-order valence-corrected chi connectivity index (χ1v) is 8.63. The number of para-hydroxylation sites is 3. The zero-order chi connectivity index (χ0) is 18.8. The quantitative estimate of drug-likeness (QED) is 0.560. The van der Waals surface area contributed by atoms with E-state index in [-0.39, 0.29) is 17.2 Å². The van der Waals surface area contributed by atoms with Gasteiger partial charge in [0.1, 0.15) is 11.8 Å². The van der Waals surface area contributed by atoms with E-state index in [9.17, 15) is 15.2 Å². The third kappa shape index (κ3) is 3.22. The van der Waals surface area contributed by atoms with Gasteiger partial charge in [0.15, 0.2) is 0 Å². The first kappa shape index (κ1) is 17.1. The number of hydrogen-bond donors (Lipinski definition) is 1. The van der Waals surface area contributed by atoms with Gasteiger partial charge in [-0.3, -0.25) is 10.1 Å². The summed E-state index contributed by atoms with van der Waals surface area (Å²) in [7, 11) is 0. The maximum absolute atomic E-state index is 11.4. The van der Waals surface area contributed by atoms with Crippen molar-refractivity contribution < 1.29 is 14.8 Å². The molecule has 0 saturated heterocycles. The average Bonchev–Trinajstić information content (AvgIpc) is 2.69. The minimum absolute atomic E-state index is 0.0581. The highest BCUT2D eigenvalue weighted by Crippen LogP contribution is 2.43. The average molecular weight is 362 g/mol. The number of aliphatic hydroxyl groups is 1. The summed E-state index contributed by atoms with van der Waals surface area (Å²) in [6.07, 6.45) is -1.09. The van der Waals surface area contributed by atoms with Gasteiger partial charge in [0.2, 0.25) is 6.29 Å². The molecule has 136 valence electrons. The van der Waals surface area contributed by atoms with Crippen LogP contribution in [0.25, 0.3) is 0 Å². The molecule has 0 amide bonds. The lowest BCUT2D eigenvalue weighted by molar-refractivity contribution is -0.385. The van der Waals surface area contributed by atoms with Gasteiger partial charge in [0, 0.05) is 11.6 Å². The zero-order valence-corrected chi connectivity index (χ0v) is 14.4. The van der Waals surface area contributed by atoms with Gasteiger partial charge in [-0.2, -0.15) is 0 Å². The van der Waals surface area contributed by atoms with Gasteiger partial charge >= 0.3 is 0 Å². The Kier molecular flexibility index (Phi) is 4.48. The minimum Gasteiger partial charge on any atom is -0.460 e. The summed E-state index contributed by atoms with van der Waals surface area (Å²) in [5.41, 5.74) is 2.29. The molecule has 0 aliphatic carbocycles. The summed E-state index contributed by atoms with van der Waals surface area (Å²) in [4.78, 5) is 13.0. The highest BCUT2D eigenvalue weighted by atomic mass is 16.6. The van der Waals surface area contributed by atoms with Crippen LogP contribution >= 0.6 is 0 Å². The topological polar surface area (TPSA) is 75.8 Å². The number of aliphatic hydroxyl groups excluding tert-OH is 1. The third-order valence-electron chi connectivity index (χ3n) is 4.70. The van der Waals surface area contributed by atoms with Crippen LogP contribution in [0.3, 0.4) is 0 Å². The Bertz CT molecular complexity index is 961. The highest BCUT2D eigenvalue weighted by Gasteiger charge is 2.36. The van der Waals surface area contributed by atoms with Crippen molar-refractivity contribution in [2.75, 3.05) is 4.90 Å². The molecule has 0 spiro atoms. The maximum atomic E-state index is 11.4. The molecule has 0 saturated carbocycles. The molecule has 0 unspecified atom stereocenters. The largest absolute Gasteiger partial charge is 0.460 e. The Morgan fingerprint density at radius 3 is 2.41 bits per heavy atom. The molecule has 0 aromatic heterocycles. The van der Waals surface area contributed by atoms with Crippen molar-refractivity contribution in [2.24, 2.45) is 0 Å². The normalized spacial score (nSPS) is 18.5. The van der Waals surface area contributed by atoms with Crippen molar-refractivity contribution in [3.63, 3.8) is 0 Å². The summed E-state index contributed by atoms with van der Waals surface area (Å²) in [5.74, 6) is 0.552. The molecule has 4 rings (SSSR count). The molecule has 0 fully saturated rings. The molecule has 0 radical (unpaired) electrons. The summed E-state index contributed by atoms with van der Waals surface area (Å²) < 4.78 is 5.72. The van der Waals surface area contributed by atoms with E-state index >= 15 is 0 Å². The minimum atomic E-state index is -1.09. The number of nitrogens with zero attached hydrogens (tertiary/aromatic N) is 2. The summed E-state index contributed by atoms with van der Waals surface area (Å²) in [5, 5.41) is 22.1. The summed E-state index contributed by atoms with van der Waals surface area (Å²) in [6, 6.07) is 23.1. The van der Waals surface area contributed by atoms with Crippen molar-refractivity contribution in [3.05, 3.63) is 100 Å². The number of benzene rings is 3. The van der Waals surface area contributed by atoms with Gasteiger partial charge < -0.3 is 14.7 Å². The van der Waals surface area contributed by atoms with Crippen molar-refractivity contribution in [2.45, 2.75) is 18.9 Å². The first-order chi connectivity index (χ1) is 13.1. The van der Waals surface area contributed by atoms with Crippen LogP contribution in [0.4, 0.5) is 11.4 Å². The Morgan fingerprint density at radius 1 is 0.963 bits per heavy atom. The predicted molar refractivity (Wildman–Crippen MR) is 102 cm³/mol. The zero-order valence-electron chi connectivity index (χ0n) is 14.4. The fourth-order valence-corrected chi connectivity index (χ4v) is 3.48. The molecule has 3 aromatic carbocycles. The van der Waals surface area contributed by atoms with E-state index in [1.807, 2.05) is 53.4 Å². The number of fused-ring (bicyclic) bond motifs is 1.